The Morgan fingerprint density at radius 2 is 1.31 bits per heavy atom. The van der Waals surface area contributed by atoms with Crippen LogP contribution < -0.4 is 5.32 Å². The first-order chi connectivity index (χ1) is 15.2. The van der Waals surface area contributed by atoms with Gasteiger partial charge in [0.2, 0.25) is 0 Å². The molecular formula is C28H39NO3. The molecule has 0 radical (unpaired) electrons. The van der Waals surface area contributed by atoms with E-state index in [1.54, 1.807) is 0 Å². The van der Waals surface area contributed by atoms with Gasteiger partial charge in [0.1, 0.15) is 6.10 Å². The maximum Gasteiger partial charge on any atom is 0.172 e. The molecule has 174 valence electrons. The number of hydrogen-bond donors (Lipinski definition) is 1. The Kier molecular flexibility index (Phi) is 6.78. The van der Waals surface area contributed by atoms with Gasteiger partial charge in [0.25, 0.3) is 0 Å². The first kappa shape index (κ1) is 23.4. The maximum absolute atomic E-state index is 6.30. The molecule has 0 bridgehead atoms. The lowest BCUT2D eigenvalue weighted by molar-refractivity contribution is -0.323. The monoisotopic (exact) mass is 437 g/mol. The summed E-state index contributed by atoms with van der Waals surface area (Å²) in [5.74, 6) is -0.508. The van der Waals surface area contributed by atoms with E-state index in [0.717, 1.165) is 19.3 Å². The average Bonchev–Trinajstić information content (AvgIpc) is 2.72. The van der Waals surface area contributed by atoms with Crippen LogP contribution in [0.5, 0.6) is 0 Å². The number of ether oxygens (including phenoxy) is 3. The van der Waals surface area contributed by atoms with E-state index in [0.29, 0.717) is 19.8 Å². The molecule has 1 N–H and O–H groups in total. The third kappa shape index (κ3) is 5.79. The number of nitrogens with one attached hydrogen (secondary N) is 1. The van der Waals surface area contributed by atoms with E-state index in [-0.39, 0.29) is 17.2 Å². The highest BCUT2D eigenvalue weighted by atomic mass is 16.7. The summed E-state index contributed by atoms with van der Waals surface area (Å²) in [6.07, 6.45) is 3.97. The second-order valence-electron chi connectivity index (χ2n) is 10.9. The third-order valence-corrected chi connectivity index (χ3v) is 6.43. The Bertz CT molecular complexity index is 860. The molecule has 0 amide bonds. The van der Waals surface area contributed by atoms with Crippen molar-refractivity contribution in [3.63, 3.8) is 0 Å². The summed E-state index contributed by atoms with van der Waals surface area (Å²) in [7, 11) is 0. The molecule has 4 rings (SSSR count). The zero-order chi connectivity index (χ0) is 22.8. The fourth-order valence-electron chi connectivity index (χ4n) is 5.45. The van der Waals surface area contributed by atoms with Gasteiger partial charge in [-0.05, 0) is 56.4 Å². The van der Waals surface area contributed by atoms with Gasteiger partial charge < -0.3 is 19.5 Å². The largest absolute Gasteiger partial charge is 0.369 e. The molecule has 0 aliphatic carbocycles. The number of rotatable bonds is 6. The summed E-state index contributed by atoms with van der Waals surface area (Å²) in [5.41, 5.74) is 5.02. The molecule has 0 atom stereocenters. The highest BCUT2D eigenvalue weighted by molar-refractivity contribution is 5.63. The van der Waals surface area contributed by atoms with Crippen molar-refractivity contribution in [3.05, 3.63) is 59.7 Å². The predicted octanol–water partition coefficient (Wildman–Crippen LogP) is 5.88. The number of hydrogen-bond acceptors (Lipinski definition) is 4. The maximum atomic E-state index is 6.30. The SMILES string of the molecule is CCCc1ccc(-c2ccc(COC3COC4(CC(C)(C)NC(C)(C)C4)OC3)cc2)cc1. The number of piperidine rings is 1. The molecule has 1 spiro atoms. The number of benzene rings is 2. The van der Waals surface area contributed by atoms with Gasteiger partial charge in [0.15, 0.2) is 5.79 Å². The minimum absolute atomic E-state index is 0.0203. The Balaban J connectivity index is 1.29. The van der Waals surface area contributed by atoms with E-state index < -0.39 is 5.79 Å². The van der Waals surface area contributed by atoms with Crippen molar-refractivity contribution in [1.82, 2.24) is 5.32 Å². The molecule has 2 fully saturated rings. The van der Waals surface area contributed by atoms with Crippen LogP contribution in [0.1, 0.15) is 65.0 Å². The second kappa shape index (κ2) is 9.26. The smallest absolute Gasteiger partial charge is 0.172 e. The van der Waals surface area contributed by atoms with Crippen LogP contribution in [0, 0.1) is 0 Å². The molecule has 2 aromatic carbocycles. The minimum atomic E-state index is -0.508. The van der Waals surface area contributed by atoms with Crippen molar-refractivity contribution in [2.45, 2.75) is 89.9 Å². The van der Waals surface area contributed by atoms with Crippen LogP contribution in [0.2, 0.25) is 0 Å². The van der Waals surface area contributed by atoms with E-state index >= 15 is 0 Å². The van der Waals surface area contributed by atoms with Crippen molar-refractivity contribution in [1.29, 1.82) is 0 Å². The van der Waals surface area contributed by atoms with Crippen LogP contribution in [0.25, 0.3) is 11.1 Å². The summed E-state index contributed by atoms with van der Waals surface area (Å²) < 4.78 is 18.7. The molecule has 2 saturated heterocycles. The van der Waals surface area contributed by atoms with Gasteiger partial charge in [0, 0.05) is 23.9 Å². The Hall–Kier alpha value is -1.72. The van der Waals surface area contributed by atoms with Gasteiger partial charge in [-0.25, -0.2) is 0 Å². The summed E-state index contributed by atoms with van der Waals surface area (Å²) in [6.45, 7) is 12.8. The van der Waals surface area contributed by atoms with Crippen molar-refractivity contribution < 1.29 is 14.2 Å². The molecule has 2 heterocycles. The molecule has 0 aromatic heterocycles. The van der Waals surface area contributed by atoms with Crippen molar-refractivity contribution >= 4 is 0 Å². The summed E-state index contributed by atoms with van der Waals surface area (Å²) >= 11 is 0. The summed E-state index contributed by atoms with van der Waals surface area (Å²) in [4.78, 5) is 0. The Labute approximate surface area is 193 Å². The molecule has 0 saturated carbocycles. The molecule has 2 aliphatic rings. The molecule has 2 aliphatic heterocycles. The molecular weight excluding hydrogens is 398 g/mol. The molecule has 4 heteroatoms. The quantitative estimate of drug-likeness (QED) is 0.613. The standard InChI is InChI=1S/C28H39NO3/c1-6-7-21-8-12-23(13-9-21)24-14-10-22(11-15-24)16-30-25-17-31-28(32-18-25)19-26(2,3)29-27(4,5)20-28/h8-15,25,29H,6-7,16-20H2,1-5H3. The lowest BCUT2D eigenvalue weighted by Gasteiger charge is -2.53. The highest BCUT2D eigenvalue weighted by Gasteiger charge is 2.50. The molecule has 4 nitrogen and oxygen atoms in total. The summed E-state index contributed by atoms with van der Waals surface area (Å²) in [5, 5.41) is 3.69. The minimum Gasteiger partial charge on any atom is -0.369 e. The van der Waals surface area contributed by atoms with E-state index in [9.17, 15) is 0 Å². The van der Waals surface area contributed by atoms with E-state index in [1.807, 2.05) is 0 Å². The van der Waals surface area contributed by atoms with E-state index in [2.05, 4.69) is 88.5 Å². The van der Waals surface area contributed by atoms with Crippen LogP contribution in [-0.4, -0.2) is 36.2 Å². The fourth-order valence-corrected chi connectivity index (χ4v) is 5.45. The van der Waals surface area contributed by atoms with Gasteiger partial charge in [-0.3, -0.25) is 0 Å². The zero-order valence-electron chi connectivity index (χ0n) is 20.4. The summed E-state index contributed by atoms with van der Waals surface area (Å²) in [6, 6.07) is 17.6. The van der Waals surface area contributed by atoms with Crippen LogP contribution >= 0.6 is 0 Å². The first-order valence-corrected chi connectivity index (χ1v) is 12.0. The van der Waals surface area contributed by atoms with Crippen LogP contribution in [0.3, 0.4) is 0 Å². The van der Waals surface area contributed by atoms with Gasteiger partial charge in [-0.15, -0.1) is 0 Å². The normalized spacial score (nSPS) is 22.2. The second-order valence-corrected chi connectivity index (χ2v) is 10.9. The molecule has 2 aromatic rings. The predicted molar refractivity (Wildman–Crippen MR) is 130 cm³/mol. The first-order valence-electron chi connectivity index (χ1n) is 12.0. The van der Waals surface area contributed by atoms with Crippen molar-refractivity contribution in [3.8, 4) is 11.1 Å². The van der Waals surface area contributed by atoms with E-state index in [1.165, 1.54) is 28.7 Å². The van der Waals surface area contributed by atoms with Crippen molar-refractivity contribution in [2.75, 3.05) is 13.2 Å². The molecule has 32 heavy (non-hydrogen) atoms. The highest BCUT2D eigenvalue weighted by Crippen LogP contribution is 2.41. The lowest BCUT2D eigenvalue weighted by Crippen LogP contribution is -2.66. The van der Waals surface area contributed by atoms with Gasteiger partial charge in [-0.1, -0.05) is 61.9 Å². The Morgan fingerprint density at radius 3 is 1.81 bits per heavy atom. The fraction of sp³-hybridized carbons (Fsp3) is 0.571. The lowest BCUT2D eigenvalue weighted by atomic mass is 9.78. The van der Waals surface area contributed by atoms with Crippen LogP contribution in [0.15, 0.2) is 48.5 Å². The van der Waals surface area contributed by atoms with E-state index in [4.69, 9.17) is 14.2 Å². The van der Waals surface area contributed by atoms with Gasteiger partial charge in [-0.2, -0.15) is 0 Å². The van der Waals surface area contributed by atoms with Crippen LogP contribution in [0.4, 0.5) is 0 Å². The van der Waals surface area contributed by atoms with Crippen molar-refractivity contribution in [2.24, 2.45) is 0 Å². The van der Waals surface area contributed by atoms with Gasteiger partial charge in [0.05, 0.1) is 19.8 Å². The molecule has 0 unspecified atom stereocenters. The topological polar surface area (TPSA) is 39.7 Å². The Morgan fingerprint density at radius 1 is 0.812 bits per heavy atom. The zero-order valence-corrected chi connectivity index (χ0v) is 20.4. The van der Waals surface area contributed by atoms with Gasteiger partial charge >= 0.3 is 0 Å². The number of aryl methyl sites for hydroxylation is 1. The third-order valence-electron chi connectivity index (χ3n) is 6.43. The average molecular weight is 438 g/mol. The van der Waals surface area contributed by atoms with Crippen LogP contribution in [-0.2, 0) is 27.2 Å².